The number of hydrogen-bond acceptors (Lipinski definition) is 1. The highest BCUT2D eigenvalue weighted by molar-refractivity contribution is 6.06. The average molecular weight is 174 g/mol. The lowest BCUT2D eigenvalue weighted by Gasteiger charge is -1.95. The van der Waals surface area contributed by atoms with Crippen LogP contribution in [0.3, 0.4) is 0 Å². The summed E-state index contributed by atoms with van der Waals surface area (Å²) < 4.78 is 0. The molecule has 0 saturated carbocycles. The lowest BCUT2D eigenvalue weighted by Crippen LogP contribution is -2.11. The van der Waals surface area contributed by atoms with Crippen LogP contribution in [0.25, 0.3) is 10.8 Å². The van der Waals surface area contributed by atoms with E-state index in [0.717, 1.165) is 16.3 Å². The summed E-state index contributed by atoms with van der Waals surface area (Å²) in [7, 11) is 0. The van der Waals surface area contributed by atoms with E-state index in [0.29, 0.717) is 5.69 Å². The summed E-state index contributed by atoms with van der Waals surface area (Å²) in [6.45, 7) is 2.00. The number of carbonyl (C=O) groups excluding carboxylic acids is 1. The monoisotopic (exact) mass is 174 g/mol. The molecule has 66 valence electrons. The molecule has 0 fully saturated rings. The molecule has 0 bridgehead atoms. The van der Waals surface area contributed by atoms with Crippen molar-refractivity contribution in [2.75, 3.05) is 0 Å². The lowest BCUT2D eigenvalue weighted by atomic mass is 10.1. The van der Waals surface area contributed by atoms with Crippen LogP contribution in [0, 0.1) is 6.92 Å². The van der Waals surface area contributed by atoms with Crippen LogP contribution in [0.15, 0.2) is 24.4 Å². The number of aromatic nitrogens is 1. The highest BCUT2D eigenvalue weighted by atomic mass is 16.1. The Morgan fingerprint density at radius 1 is 1.38 bits per heavy atom. The molecule has 1 amide bonds. The Labute approximate surface area is 75.6 Å². The molecular weight excluding hydrogens is 164 g/mol. The first kappa shape index (κ1) is 7.86. The Hall–Kier alpha value is -1.77. The first-order valence-electron chi connectivity index (χ1n) is 4.06. The van der Waals surface area contributed by atoms with Gasteiger partial charge in [-0.2, -0.15) is 0 Å². The summed E-state index contributed by atoms with van der Waals surface area (Å²) in [5.41, 5.74) is 6.83. The molecule has 2 aromatic rings. The summed E-state index contributed by atoms with van der Waals surface area (Å²) in [6, 6.07) is 5.80. The number of nitrogens with two attached hydrogens (primary N) is 1. The number of aryl methyl sites for hydroxylation is 1. The van der Waals surface area contributed by atoms with Crippen molar-refractivity contribution in [3.8, 4) is 0 Å². The Balaban J connectivity index is 2.83. The van der Waals surface area contributed by atoms with Crippen LogP contribution >= 0.6 is 0 Å². The van der Waals surface area contributed by atoms with E-state index in [4.69, 9.17) is 5.73 Å². The molecule has 3 heteroatoms. The second kappa shape index (κ2) is 2.62. The van der Waals surface area contributed by atoms with Gasteiger partial charge in [0.25, 0.3) is 5.91 Å². The van der Waals surface area contributed by atoms with Gasteiger partial charge >= 0.3 is 0 Å². The van der Waals surface area contributed by atoms with Crippen molar-refractivity contribution in [2.45, 2.75) is 6.92 Å². The number of primary amides is 1. The minimum absolute atomic E-state index is 0.416. The highest BCUT2D eigenvalue weighted by Gasteiger charge is 2.08. The van der Waals surface area contributed by atoms with Crippen LogP contribution in [0.1, 0.15) is 16.1 Å². The maximum Gasteiger partial charge on any atom is 0.265 e. The topological polar surface area (TPSA) is 58.9 Å². The van der Waals surface area contributed by atoms with E-state index in [2.05, 4.69) is 4.98 Å². The molecule has 0 radical (unpaired) electrons. The van der Waals surface area contributed by atoms with E-state index in [1.54, 1.807) is 0 Å². The van der Waals surface area contributed by atoms with Crippen molar-refractivity contribution in [2.24, 2.45) is 5.73 Å². The molecule has 0 aliphatic rings. The number of carbonyl (C=O) groups is 1. The zero-order valence-corrected chi connectivity index (χ0v) is 7.29. The van der Waals surface area contributed by atoms with Gasteiger partial charge in [0.05, 0.1) is 0 Å². The van der Waals surface area contributed by atoms with Gasteiger partial charge in [0.15, 0.2) is 0 Å². The number of fused-ring (bicyclic) bond motifs is 1. The van der Waals surface area contributed by atoms with E-state index in [9.17, 15) is 4.79 Å². The van der Waals surface area contributed by atoms with Crippen LogP contribution in [0.2, 0.25) is 0 Å². The predicted octanol–water partition coefficient (Wildman–Crippen LogP) is 1.58. The Kier molecular flexibility index (Phi) is 1.59. The van der Waals surface area contributed by atoms with Gasteiger partial charge < -0.3 is 10.7 Å². The number of nitrogens with one attached hydrogen (secondary N) is 1. The minimum Gasteiger partial charge on any atom is -0.364 e. The Morgan fingerprint density at radius 2 is 2.15 bits per heavy atom. The van der Waals surface area contributed by atoms with Crippen LogP contribution in [0.5, 0.6) is 0 Å². The van der Waals surface area contributed by atoms with Crippen LogP contribution in [-0.4, -0.2) is 10.9 Å². The standard InChI is InChI=1S/C10H10N2O/c1-6-3-2-4-7-8(6)5-12-9(7)10(11)13/h2-5,12H,1H3,(H2,11,13). The van der Waals surface area contributed by atoms with Gasteiger partial charge in [-0.25, -0.2) is 0 Å². The first-order chi connectivity index (χ1) is 6.20. The molecule has 1 aromatic heterocycles. The summed E-state index contributed by atoms with van der Waals surface area (Å²) in [5, 5.41) is 1.95. The molecule has 3 N–H and O–H groups in total. The van der Waals surface area contributed by atoms with E-state index < -0.39 is 5.91 Å². The number of H-pyrrole nitrogens is 1. The van der Waals surface area contributed by atoms with Crippen LogP contribution in [0.4, 0.5) is 0 Å². The minimum atomic E-state index is -0.416. The number of amides is 1. The van der Waals surface area contributed by atoms with E-state index >= 15 is 0 Å². The smallest absolute Gasteiger partial charge is 0.265 e. The SMILES string of the molecule is Cc1cccc2c(C(N)=O)[nH]cc12. The quantitative estimate of drug-likeness (QED) is 0.677. The third-order valence-corrected chi connectivity index (χ3v) is 2.20. The van der Waals surface area contributed by atoms with Gasteiger partial charge in [0, 0.05) is 17.0 Å². The van der Waals surface area contributed by atoms with Crippen molar-refractivity contribution in [3.63, 3.8) is 0 Å². The molecule has 3 nitrogen and oxygen atoms in total. The van der Waals surface area contributed by atoms with Gasteiger partial charge in [-0.05, 0) is 12.5 Å². The van der Waals surface area contributed by atoms with Gasteiger partial charge in [-0.15, -0.1) is 0 Å². The lowest BCUT2D eigenvalue weighted by molar-refractivity contribution is 0.0998. The third kappa shape index (κ3) is 1.09. The average Bonchev–Trinajstić information content (AvgIpc) is 2.48. The highest BCUT2D eigenvalue weighted by Crippen LogP contribution is 2.20. The maximum atomic E-state index is 11.0. The largest absolute Gasteiger partial charge is 0.364 e. The number of aromatic amines is 1. The molecule has 2 rings (SSSR count). The molecule has 0 aliphatic carbocycles. The van der Waals surface area contributed by atoms with Crippen molar-refractivity contribution in [1.82, 2.24) is 4.98 Å². The van der Waals surface area contributed by atoms with Gasteiger partial charge in [-0.1, -0.05) is 18.2 Å². The van der Waals surface area contributed by atoms with Crippen molar-refractivity contribution in [1.29, 1.82) is 0 Å². The summed E-state index contributed by atoms with van der Waals surface area (Å²) >= 11 is 0. The van der Waals surface area contributed by atoms with E-state index in [-0.39, 0.29) is 0 Å². The molecule has 0 atom stereocenters. The van der Waals surface area contributed by atoms with Crippen LogP contribution < -0.4 is 5.73 Å². The third-order valence-electron chi connectivity index (χ3n) is 2.20. The molecule has 1 aromatic carbocycles. The zero-order valence-electron chi connectivity index (χ0n) is 7.29. The van der Waals surface area contributed by atoms with Gasteiger partial charge in [-0.3, -0.25) is 4.79 Å². The second-order valence-corrected chi connectivity index (χ2v) is 3.06. The summed E-state index contributed by atoms with van der Waals surface area (Å²) in [5.74, 6) is -0.416. The molecule has 13 heavy (non-hydrogen) atoms. The fourth-order valence-corrected chi connectivity index (χ4v) is 1.52. The van der Waals surface area contributed by atoms with Gasteiger partial charge in [0.2, 0.25) is 0 Å². The number of hydrogen-bond donors (Lipinski definition) is 2. The zero-order chi connectivity index (χ0) is 9.42. The normalized spacial score (nSPS) is 10.5. The summed E-state index contributed by atoms with van der Waals surface area (Å²) in [6.07, 6.45) is 1.81. The van der Waals surface area contributed by atoms with E-state index in [1.807, 2.05) is 31.3 Å². The first-order valence-corrected chi connectivity index (χ1v) is 4.06. The summed E-state index contributed by atoms with van der Waals surface area (Å²) in [4.78, 5) is 13.9. The Bertz CT molecular complexity index is 471. The Morgan fingerprint density at radius 3 is 2.85 bits per heavy atom. The fraction of sp³-hybridized carbons (Fsp3) is 0.100. The van der Waals surface area contributed by atoms with Crippen LogP contribution in [-0.2, 0) is 0 Å². The van der Waals surface area contributed by atoms with E-state index in [1.165, 1.54) is 0 Å². The number of rotatable bonds is 1. The molecule has 0 aliphatic heterocycles. The molecule has 1 heterocycles. The number of benzene rings is 1. The molecule has 0 saturated heterocycles. The predicted molar refractivity (Wildman–Crippen MR) is 51.6 cm³/mol. The van der Waals surface area contributed by atoms with Crippen molar-refractivity contribution >= 4 is 16.7 Å². The van der Waals surface area contributed by atoms with Crippen molar-refractivity contribution in [3.05, 3.63) is 35.7 Å². The molecular formula is C10H10N2O. The molecule has 0 unspecified atom stereocenters. The van der Waals surface area contributed by atoms with Crippen molar-refractivity contribution < 1.29 is 4.79 Å². The molecule has 0 spiro atoms. The van der Waals surface area contributed by atoms with Gasteiger partial charge in [0.1, 0.15) is 5.69 Å². The second-order valence-electron chi connectivity index (χ2n) is 3.06. The maximum absolute atomic E-state index is 11.0. The fourth-order valence-electron chi connectivity index (χ4n) is 1.52.